The molecule has 0 radical (unpaired) electrons. The lowest BCUT2D eigenvalue weighted by Gasteiger charge is -2.37. The van der Waals surface area contributed by atoms with Crippen molar-refractivity contribution in [3.8, 4) is 0 Å². The Kier molecular flexibility index (Phi) is 5.39. The van der Waals surface area contributed by atoms with Crippen LogP contribution in [0.25, 0.3) is 0 Å². The molecule has 1 aromatic heterocycles. The monoisotopic (exact) mass is 331 g/mol. The number of aromatic nitrogens is 1. The van der Waals surface area contributed by atoms with Crippen molar-refractivity contribution in [3.05, 3.63) is 23.9 Å². The summed E-state index contributed by atoms with van der Waals surface area (Å²) in [5.74, 6) is 1.55. The van der Waals surface area contributed by atoms with Crippen LogP contribution in [0.4, 0.5) is 5.82 Å². The average Bonchev–Trinajstić information content (AvgIpc) is 3.15. The van der Waals surface area contributed by atoms with Crippen LogP contribution in [-0.2, 0) is 4.74 Å². The number of ether oxygens (including phenoxy) is 1. The van der Waals surface area contributed by atoms with Gasteiger partial charge in [0, 0.05) is 39.0 Å². The molecule has 2 aliphatic rings. The second-order valence-corrected chi connectivity index (χ2v) is 7.66. The minimum atomic E-state index is -0.0318. The Bertz CT molecular complexity index is 544. The number of anilines is 1. The summed E-state index contributed by atoms with van der Waals surface area (Å²) in [5.41, 5.74) is 0.725. The molecule has 0 saturated carbocycles. The number of nitrogens with zero attached hydrogens (tertiary/aromatic N) is 2. The van der Waals surface area contributed by atoms with Crippen LogP contribution in [0, 0.1) is 11.3 Å². The lowest BCUT2D eigenvalue weighted by molar-refractivity contribution is 0.0228. The quantitative estimate of drug-likeness (QED) is 0.901. The fourth-order valence-corrected chi connectivity index (χ4v) is 3.69. The molecule has 2 saturated heterocycles. The SMILES string of the molecule is CC(C)(CNC(=O)c1ccc(N2CCCC2)nc1)C1CCOCC1. The Balaban J connectivity index is 1.54. The molecule has 3 rings (SSSR count). The zero-order valence-electron chi connectivity index (χ0n) is 14.9. The van der Waals surface area contributed by atoms with Crippen LogP contribution in [0.15, 0.2) is 18.3 Å². The highest BCUT2D eigenvalue weighted by Gasteiger charge is 2.31. The summed E-state index contributed by atoms with van der Waals surface area (Å²) >= 11 is 0. The number of nitrogens with one attached hydrogen (secondary N) is 1. The van der Waals surface area contributed by atoms with Gasteiger partial charge in [0.1, 0.15) is 5.82 Å². The van der Waals surface area contributed by atoms with Crippen molar-refractivity contribution < 1.29 is 9.53 Å². The zero-order valence-corrected chi connectivity index (χ0v) is 14.9. The van der Waals surface area contributed by atoms with E-state index in [9.17, 15) is 4.79 Å². The summed E-state index contributed by atoms with van der Waals surface area (Å²) in [6.45, 7) is 8.96. The third-order valence-electron chi connectivity index (χ3n) is 5.47. The lowest BCUT2D eigenvalue weighted by Crippen LogP contribution is -2.40. The van der Waals surface area contributed by atoms with E-state index in [1.165, 1.54) is 12.8 Å². The Morgan fingerprint density at radius 1 is 1.29 bits per heavy atom. The van der Waals surface area contributed by atoms with E-state index in [-0.39, 0.29) is 11.3 Å². The topological polar surface area (TPSA) is 54.5 Å². The van der Waals surface area contributed by atoms with Gasteiger partial charge in [-0.15, -0.1) is 0 Å². The van der Waals surface area contributed by atoms with Gasteiger partial charge in [-0.25, -0.2) is 4.98 Å². The molecule has 5 nitrogen and oxygen atoms in total. The van der Waals surface area contributed by atoms with Gasteiger partial charge in [0.25, 0.3) is 5.91 Å². The maximum atomic E-state index is 12.4. The highest BCUT2D eigenvalue weighted by molar-refractivity contribution is 5.94. The van der Waals surface area contributed by atoms with Crippen molar-refractivity contribution in [2.24, 2.45) is 11.3 Å². The van der Waals surface area contributed by atoms with Gasteiger partial charge in [-0.1, -0.05) is 13.8 Å². The largest absolute Gasteiger partial charge is 0.381 e. The van der Waals surface area contributed by atoms with Gasteiger partial charge in [0.05, 0.1) is 5.56 Å². The normalized spacial score (nSPS) is 19.5. The van der Waals surface area contributed by atoms with Crippen LogP contribution in [-0.4, -0.2) is 43.7 Å². The Hall–Kier alpha value is -1.62. The smallest absolute Gasteiger partial charge is 0.252 e. The van der Waals surface area contributed by atoms with Gasteiger partial charge in [0.2, 0.25) is 0 Å². The van der Waals surface area contributed by atoms with Crippen molar-refractivity contribution in [1.29, 1.82) is 0 Å². The molecule has 1 amide bonds. The molecule has 1 aromatic rings. The summed E-state index contributed by atoms with van der Waals surface area (Å²) in [5, 5.41) is 3.09. The molecule has 0 atom stereocenters. The summed E-state index contributed by atoms with van der Waals surface area (Å²) in [7, 11) is 0. The third kappa shape index (κ3) is 4.07. The molecular formula is C19H29N3O2. The highest BCUT2D eigenvalue weighted by Crippen LogP contribution is 2.33. The number of amides is 1. The molecule has 0 aliphatic carbocycles. The third-order valence-corrected chi connectivity index (χ3v) is 5.47. The van der Waals surface area contributed by atoms with Gasteiger partial charge in [0.15, 0.2) is 0 Å². The van der Waals surface area contributed by atoms with Gasteiger partial charge < -0.3 is 15.0 Å². The fourth-order valence-electron chi connectivity index (χ4n) is 3.69. The molecule has 0 spiro atoms. The minimum absolute atomic E-state index is 0.0318. The molecule has 0 unspecified atom stereocenters. The summed E-state index contributed by atoms with van der Waals surface area (Å²) in [4.78, 5) is 19.2. The van der Waals surface area contributed by atoms with E-state index in [4.69, 9.17) is 4.74 Å². The first-order valence-electron chi connectivity index (χ1n) is 9.13. The van der Waals surface area contributed by atoms with Gasteiger partial charge in [-0.3, -0.25) is 4.79 Å². The van der Waals surface area contributed by atoms with Gasteiger partial charge in [-0.05, 0) is 49.1 Å². The van der Waals surface area contributed by atoms with E-state index >= 15 is 0 Å². The average molecular weight is 331 g/mol. The van der Waals surface area contributed by atoms with Crippen LogP contribution < -0.4 is 10.2 Å². The molecule has 3 heterocycles. The molecule has 0 aromatic carbocycles. The first kappa shape index (κ1) is 17.2. The minimum Gasteiger partial charge on any atom is -0.381 e. The van der Waals surface area contributed by atoms with E-state index in [0.717, 1.165) is 45.0 Å². The van der Waals surface area contributed by atoms with Crippen LogP contribution in [0.1, 0.15) is 49.9 Å². The molecule has 5 heteroatoms. The number of carbonyl (C=O) groups is 1. The van der Waals surface area contributed by atoms with Gasteiger partial charge in [-0.2, -0.15) is 0 Å². The van der Waals surface area contributed by atoms with E-state index in [2.05, 4.69) is 29.0 Å². The molecule has 1 N–H and O–H groups in total. The number of pyridine rings is 1. The first-order chi connectivity index (χ1) is 11.6. The second kappa shape index (κ2) is 7.51. The van der Waals surface area contributed by atoms with Crippen molar-refractivity contribution in [2.75, 3.05) is 37.7 Å². The van der Waals surface area contributed by atoms with Crippen LogP contribution in [0.3, 0.4) is 0 Å². The molecule has 132 valence electrons. The van der Waals surface area contributed by atoms with Crippen molar-refractivity contribution in [1.82, 2.24) is 10.3 Å². The Morgan fingerprint density at radius 2 is 2.00 bits per heavy atom. The summed E-state index contributed by atoms with van der Waals surface area (Å²) in [6.07, 6.45) is 6.31. The maximum Gasteiger partial charge on any atom is 0.252 e. The Morgan fingerprint density at radius 3 is 2.62 bits per heavy atom. The van der Waals surface area contributed by atoms with E-state index in [0.29, 0.717) is 18.0 Å². The van der Waals surface area contributed by atoms with E-state index in [1.807, 2.05) is 12.1 Å². The number of carbonyl (C=O) groups excluding carboxylic acids is 1. The number of rotatable bonds is 5. The second-order valence-electron chi connectivity index (χ2n) is 7.66. The molecule has 2 fully saturated rings. The summed E-state index contributed by atoms with van der Waals surface area (Å²) in [6, 6.07) is 3.85. The molecule has 24 heavy (non-hydrogen) atoms. The van der Waals surface area contributed by atoms with Crippen molar-refractivity contribution in [3.63, 3.8) is 0 Å². The number of hydrogen-bond acceptors (Lipinski definition) is 4. The van der Waals surface area contributed by atoms with E-state index in [1.54, 1.807) is 6.20 Å². The lowest BCUT2D eigenvalue weighted by atomic mass is 9.74. The van der Waals surface area contributed by atoms with E-state index < -0.39 is 0 Å². The van der Waals surface area contributed by atoms with Crippen LogP contribution >= 0.6 is 0 Å². The molecule has 0 bridgehead atoms. The van der Waals surface area contributed by atoms with Crippen LogP contribution in [0.5, 0.6) is 0 Å². The van der Waals surface area contributed by atoms with Gasteiger partial charge >= 0.3 is 0 Å². The fraction of sp³-hybridized carbons (Fsp3) is 0.684. The summed E-state index contributed by atoms with van der Waals surface area (Å²) < 4.78 is 5.44. The van der Waals surface area contributed by atoms with Crippen molar-refractivity contribution >= 4 is 11.7 Å². The zero-order chi connectivity index (χ0) is 17.0. The first-order valence-corrected chi connectivity index (χ1v) is 9.13. The predicted octanol–water partition coefficient (Wildman–Crippen LogP) is 2.86. The predicted molar refractivity (Wildman–Crippen MR) is 95.3 cm³/mol. The highest BCUT2D eigenvalue weighted by atomic mass is 16.5. The maximum absolute atomic E-state index is 12.4. The molecular weight excluding hydrogens is 302 g/mol. The standard InChI is InChI=1S/C19H29N3O2/c1-19(2,16-7-11-24-12-8-16)14-21-18(23)15-5-6-17(20-13-15)22-9-3-4-10-22/h5-6,13,16H,3-4,7-12,14H2,1-2H3,(H,21,23). The number of hydrogen-bond donors (Lipinski definition) is 1. The van der Waals surface area contributed by atoms with Crippen LogP contribution in [0.2, 0.25) is 0 Å². The Labute approximate surface area is 144 Å². The molecule has 2 aliphatic heterocycles. The van der Waals surface area contributed by atoms with Crippen molar-refractivity contribution in [2.45, 2.75) is 39.5 Å².